The van der Waals surface area contributed by atoms with E-state index in [2.05, 4.69) is 59.1 Å². The second-order valence-electron chi connectivity index (χ2n) is 23.8. The summed E-state index contributed by atoms with van der Waals surface area (Å²) >= 11 is 0. The number of amides is 2. The third-order valence-electron chi connectivity index (χ3n) is 17.0. The number of carbonyl (C=O) groups excluding carboxylic acids is 2. The lowest BCUT2D eigenvalue weighted by Gasteiger charge is -2.36. The molecule has 2 amide bonds. The summed E-state index contributed by atoms with van der Waals surface area (Å²) in [6.45, 7) is 21.7. The van der Waals surface area contributed by atoms with Crippen molar-refractivity contribution >= 4 is 11.8 Å². The first-order chi connectivity index (χ1) is 35.5. The number of carbonyl (C=O) groups is 2. The third kappa shape index (κ3) is 36.0. The molecule has 2 atom stereocenters. The highest BCUT2D eigenvalue weighted by molar-refractivity contribution is 5.82. The van der Waals surface area contributed by atoms with Gasteiger partial charge in [-0.15, -0.1) is 0 Å². The van der Waals surface area contributed by atoms with Crippen molar-refractivity contribution in [2.75, 3.05) is 72.0 Å². The molecule has 0 saturated carbocycles. The molecule has 0 aromatic heterocycles. The van der Waals surface area contributed by atoms with E-state index < -0.39 is 0 Å². The summed E-state index contributed by atoms with van der Waals surface area (Å²) in [4.78, 5) is 40.7. The molecular formula is C65H129N5O2. The van der Waals surface area contributed by atoms with Gasteiger partial charge in [-0.1, -0.05) is 285 Å². The minimum absolute atomic E-state index is 0.189. The number of nitrogens with zero attached hydrogens (tertiary/aromatic N) is 5. The highest BCUT2D eigenvalue weighted by Gasteiger charge is 2.47. The number of piperazine rings is 1. The molecule has 0 spiro atoms. The maximum atomic E-state index is 14.4. The van der Waals surface area contributed by atoms with E-state index >= 15 is 0 Å². The predicted octanol–water partition coefficient (Wildman–Crippen LogP) is 18.0. The Hall–Kier alpha value is -1.18. The van der Waals surface area contributed by atoms with Crippen molar-refractivity contribution in [3.63, 3.8) is 0 Å². The Morgan fingerprint density at radius 3 is 0.708 bits per heavy atom. The average Bonchev–Trinajstić information content (AvgIpc) is 4.01. The number of hydrogen-bond acceptors (Lipinski definition) is 5. The summed E-state index contributed by atoms with van der Waals surface area (Å²) < 4.78 is 0. The number of likely N-dealkylation sites (tertiary alicyclic amines) is 2. The fourth-order valence-corrected chi connectivity index (χ4v) is 12.1. The Morgan fingerprint density at radius 2 is 0.472 bits per heavy atom. The average molecular weight is 1010 g/mol. The Balaban J connectivity index is 1.99. The van der Waals surface area contributed by atoms with Gasteiger partial charge in [-0.2, -0.15) is 0 Å². The molecular weight excluding hydrogens is 883 g/mol. The molecule has 2 saturated heterocycles. The maximum Gasteiger partial charge on any atom is 0.237 e. The van der Waals surface area contributed by atoms with E-state index in [1.165, 1.54) is 296 Å². The zero-order chi connectivity index (χ0) is 51.8. The largest absolute Gasteiger partial charge is 0.335 e. The summed E-state index contributed by atoms with van der Waals surface area (Å²) in [7, 11) is 0. The number of rotatable bonds is 56. The van der Waals surface area contributed by atoms with E-state index in [0.29, 0.717) is 24.9 Å². The van der Waals surface area contributed by atoms with Gasteiger partial charge in [0.25, 0.3) is 0 Å². The van der Waals surface area contributed by atoms with Crippen LogP contribution in [0.25, 0.3) is 0 Å². The van der Waals surface area contributed by atoms with Gasteiger partial charge in [0.15, 0.2) is 0 Å². The van der Waals surface area contributed by atoms with Gasteiger partial charge < -0.3 is 14.7 Å². The summed E-state index contributed by atoms with van der Waals surface area (Å²) in [6.07, 6.45) is 60.5. The van der Waals surface area contributed by atoms with Crippen molar-refractivity contribution in [2.45, 2.75) is 336 Å². The van der Waals surface area contributed by atoms with Gasteiger partial charge in [-0.3, -0.25) is 19.4 Å². The summed E-state index contributed by atoms with van der Waals surface area (Å²) in [5.41, 5.74) is 0. The molecule has 2 aliphatic rings. The topological polar surface area (TPSA) is 50.3 Å². The third-order valence-corrected chi connectivity index (χ3v) is 17.0. The first-order valence-electron chi connectivity index (χ1n) is 33.2. The standard InChI is InChI=1S/C65H129N5O2/c1-6-11-16-21-26-29-32-37-40-45-50-66(51-46-41-38-33-30-27-22-17-12-7-2)55-56-68(54-49-44-39-34-31-28-23-18-13-8-3)61-65(72)70-59-62-57-63(70)58-69(62)64(71)60-67(52-47-42-35-24-19-14-9-4)53-48-43-36-25-20-15-10-5/h62-63H,6-61H2,1-5H3. The van der Waals surface area contributed by atoms with E-state index in [-0.39, 0.29) is 12.1 Å². The Morgan fingerprint density at radius 1 is 0.278 bits per heavy atom. The molecule has 2 aliphatic heterocycles. The van der Waals surface area contributed by atoms with Crippen molar-refractivity contribution in [2.24, 2.45) is 0 Å². The molecule has 2 fully saturated rings. The second-order valence-corrected chi connectivity index (χ2v) is 23.8. The zero-order valence-corrected chi connectivity index (χ0v) is 49.8. The van der Waals surface area contributed by atoms with Gasteiger partial charge in [0.05, 0.1) is 25.2 Å². The predicted molar refractivity (Wildman–Crippen MR) is 316 cm³/mol. The first-order valence-corrected chi connectivity index (χ1v) is 33.2. The fourth-order valence-electron chi connectivity index (χ4n) is 12.1. The molecule has 0 aromatic carbocycles. The number of fused-ring (bicyclic) bond motifs is 2. The van der Waals surface area contributed by atoms with Crippen LogP contribution in [-0.4, -0.2) is 120 Å². The number of unbranched alkanes of at least 4 members (excludes halogenated alkanes) is 39. The molecule has 2 unspecified atom stereocenters. The lowest BCUT2D eigenvalue weighted by molar-refractivity contribution is -0.141. The van der Waals surface area contributed by atoms with Gasteiger partial charge in [-0.25, -0.2) is 0 Å². The summed E-state index contributed by atoms with van der Waals surface area (Å²) in [6, 6.07) is 0.382. The van der Waals surface area contributed by atoms with E-state index in [1.807, 2.05) is 0 Å². The fraction of sp³-hybridized carbons (Fsp3) is 0.969. The Labute approximate surface area is 451 Å². The van der Waals surface area contributed by atoms with Crippen LogP contribution < -0.4 is 0 Å². The van der Waals surface area contributed by atoms with Gasteiger partial charge in [-0.05, 0) is 71.2 Å². The minimum atomic E-state index is 0.189. The van der Waals surface area contributed by atoms with Gasteiger partial charge in [0, 0.05) is 26.2 Å². The molecule has 0 aliphatic carbocycles. The lowest BCUT2D eigenvalue weighted by Crippen LogP contribution is -2.54. The summed E-state index contributed by atoms with van der Waals surface area (Å²) in [5, 5.41) is 0. The van der Waals surface area contributed by atoms with E-state index in [9.17, 15) is 9.59 Å². The Bertz CT molecular complexity index is 1140. The molecule has 0 aromatic rings. The van der Waals surface area contributed by atoms with Crippen molar-refractivity contribution in [3.05, 3.63) is 0 Å². The van der Waals surface area contributed by atoms with Gasteiger partial charge in [0.1, 0.15) is 0 Å². The smallest absolute Gasteiger partial charge is 0.237 e. The molecule has 2 heterocycles. The highest BCUT2D eigenvalue weighted by atomic mass is 16.2. The quantitative estimate of drug-likeness (QED) is 0.0568. The monoisotopic (exact) mass is 1010 g/mol. The van der Waals surface area contributed by atoms with Crippen molar-refractivity contribution < 1.29 is 9.59 Å². The lowest BCUT2D eigenvalue weighted by atomic mass is 10.1. The zero-order valence-electron chi connectivity index (χ0n) is 49.8. The first kappa shape index (κ1) is 66.9. The highest BCUT2D eigenvalue weighted by Crippen LogP contribution is 2.31. The van der Waals surface area contributed by atoms with Crippen molar-refractivity contribution in [3.8, 4) is 0 Å². The molecule has 7 heteroatoms. The summed E-state index contributed by atoms with van der Waals surface area (Å²) in [5.74, 6) is 0.630. The molecule has 0 radical (unpaired) electrons. The van der Waals surface area contributed by atoms with Crippen LogP contribution >= 0.6 is 0 Å². The number of hydrogen-bond donors (Lipinski definition) is 0. The van der Waals surface area contributed by atoms with Gasteiger partial charge in [0.2, 0.25) is 11.8 Å². The minimum Gasteiger partial charge on any atom is -0.335 e. The van der Waals surface area contributed by atoms with Crippen molar-refractivity contribution in [1.82, 2.24) is 24.5 Å². The second kappa shape index (κ2) is 49.4. The SMILES string of the molecule is CCCCCCCCCCCCN(CCCCCCCCCCCC)CCN(CCCCCCCCCCCC)CC(=O)N1CC2CC1CN2C(=O)CN(CCCCCCCCC)CCCCCCCCC. The molecule has 2 rings (SSSR count). The van der Waals surface area contributed by atoms with Crippen LogP contribution in [0.5, 0.6) is 0 Å². The molecule has 72 heavy (non-hydrogen) atoms. The molecule has 426 valence electrons. The normalized spacial score (nSPS) is 15.7. The maximum absolute atomic E-state index is 14.4. The van der Waals surface area contributed by atoms with Crippen LogP contribution in [0, 0.1) is 0 Å². The molecule has 2 bridgehead atoms. The van der Waals surface area contributed by atoms with E-state index in [4.69, 9.17) is 0 Å². The van der Waals surface area contributed by atoms with Crippen LogP contribution in [-0.2, 0) is 9.59 Å². The van der Waals surface area contributed by atoms with Crippen LogP contribution in [0.3, 0.4) is 0 Å². The van der Waals surface area contributed by atoms with Crippen LogP contribution in [0.4, 0.5) is 0 Å². The van der Waals surface area contributed by atoms with Crippen LogP contribution in [0.1, 0.15) is 324 Å². The Kier molecular flexibility index (Phi) is 45.9. The van der Waals surface area contributed by atoms with E-state index in [1.54, 1.807) is 0 Å². The van der Waals surface area contributed by atoms with Crippen molar-refractivity contribution in [1.29, 1.82) is 0 Å². The van der Waals surface area contributed by atoms with Crippen LogP contribution in [0.15, 0.2) is 0 Å². The molecule has 0 N–H and O–H groups in total. The van der Waals surface area contributed by atoms with Crippen LogP contribution in [0.2, 0.25) is 0 Å². The molecule has 7 nitrogen and oxygen atoms in total. The van der Waals surface area contributed by atoms with E-state index in [0.717, 1.165) is 52.2 Å². The van der Waals surface area contributed by atoms with Gasteiger partial charge >= 0.3 is 0 Å².